The molecule has 0 atom stereocenters. The standard InChI is InChI=1S/C9H18N4/c1-2-13(8-9-4-5-9)7-3-6-11-12-10/h9H,2-8H2,1H3. The largest absolute Gasteiger partial charge is 0.303 e. The molecule has 1 fully saturated rings. The van der Waals surface area contributed by atoms with Crippen LogP contribution in [0.3, 0.4) is 0 Å². The van der Waals surface area contributed by atoms with Gasteiger partial charge in [0.1, 0.15) is 0 Å². The Balaban J connectivity index is 2.03. The van der Waals surface area contributed by atoms with Crippen molar-refractivity contribution in [2.45, 2.75) is 26.2 Å². The van der Waals surface area contributed by atoms with Crippen LogP contribution in [0.5, 0.6) is 0 Å². The summed E-state index contributed by atoms with van der Waals surface area (Å²) in [5.41, 5.74) is 8.09. The highest BCUT2D eigenvalue weighted by atomic mass is 15.1. The van der Waals surface area contributed by atoms with Gasteiger partial charge < -0.3 is 4.90 Å². The molecule has 0 aromatic rings. The fraction of sp³-hybridized carbons (Fsp3) is 1.00. The summed E-state index contributed by atoms with van der Waals surface area (Å²) in [6, 6.07) is 0. The summed E-state index contributed by atoms with van der Waals surface area (Å²) in [5.74, 6) is 0.958. The van der Waals surface area contributed by atoms with Gasteiger partial charge in [0.05, 0.1) is 0 Å². The number of hydrogen-bond acceptors (Lipinski definition) is 2. The van der Waals surface area contributed by atoms with Crippen molar-refractivity contribution in [1.29, 1.82) is 0 Å². The Labute approximate surface area is 79.5 Å². The minimum absolute atomic E-state index is 0.637. The lowest BCUT2D eigenvalue weighted by molar-refractivity contribution is 0.275. The normalized spacial score (nSPS) is 15.8. The molecule has 0 unspecified atom stereocenters. The maximum atomic E-state index is 8.09. The zero-order chi connectivity index (χ0) is 9.52. The van der Waals surface area contributed by atoms with E-state index in [0.29, 0.717) is 6.54 Å². The predicted molar refractivity (Wildman–Crippen MR) is 53.5 cm³/mol. The van der Waals surface area contributed by atoms with Gasteiger partial charge in [-0.05, 0) is 43.8 Å². The third-order valence-electron chi connectivity index (χ3n) is 2.46. The Hall–Kier alpha value is -0.730. The molecule has 74 valence electrons. The average molecular weight is 182 g/mol. The first-order valence-electron chi connectivity index (χ1n) is 5.10. The van der Waals surface area contributed by atoms with Gasteiger partial charge in [-0.1, -0.05) is 12.0 Å². The van der Waals surface area contributed by atoms with Crippen LogP contribution in [0.1, 0.15) is 26.2 Å². The Kier molecular flexibility index (Phi) is 4.65. The molecule has 1 saturated carbocycles. The summed E-state index contributed by atoms with van der Waals surface area (Å²) in [7, 11) is 0. The van der Waals surface area contributed by atoms with Crippen LogP contribution in [0.25, 0.3) is 10.4 Å². The quantitative estimate of drug-likeness (QED) is 0.258. The SMILES string of the molecule is CCN(CCCN=[N+]=[N-])CC1CC1. The van der Waals surface area contributed by atoms with Crippen molar-refractivity contribution in [3.8, 4) is 0 Å². The van der Waals surface area contributed by atoms with E-state index in [9.17, 15) is 0 Å². The molecule has 0 amide bonds. The van der Waals surface area contributed by atoms with Crippen molar-refractivity contribution < 1.29 is 0 Å². The number of azide groups is 1. The number of hydrogen-bond donors (Lipinski definition) is 0. The first-order chi connectivity index (χ1) is 6.36. The minimum atomic E-state index is 0.637. The van der Waals surface area contributed by atoms with Crippen molar-refractivity contribution in [1.82, 2.24) is 4.90 Å². The van der Waals surface area contributed by atoms with Crippen LogP contribution < -0.4 is 0 Å². The molecule has 0 N–H and O–H groups in total. The van der Waals surface area contributed by atoms with E-state index in [0.717, 1.165) is 25.4 Å². The van der Waals surface area contributed by atoms with Crippen molar-refractivity contribution in [2.24, 2.45) is 11.0 Å². The van der Waals surface area contributed by atoms with Gasteiger partial charge in [0, 0.05) is 18.0 Å². The zero-order valence-electron chi connectivity index (χ0n) is 8.32. The van der Waals surface area contributed by atoms with Gasteiger partial charge in [0.15, 0.2) is 0 Å². The Morgan fingerprint density at radius 1 is 1.54 bits per heavy atom. The monoisotopic (exact) mass is 182 g/mol. The van der Waals surface area contributed by atoms with Gasteiger partial charge in [0.25, 0.3) is 0 Å². The predicted octanol–water partition coefficient (Wildman–Crippen LogP) is 2.42. The molecule has 0 aliphatic heterocycles. The molecule has 4 heteroatoms. The van der Waals surface area contributed by atoms with Gasteiger partial charge in [-0.2, -0.15) is 0 Å². The van der Waals surface area contributed by atoms with E-state index in [1.807, 2.05) is 0 Å². The van der Waals surface area contributed by atoms with Gasteiger partial charge >= 0.3 is 0 Å². The molecule has 1 aliphatic rings. The van der Waals surface area contributed by atoms with Crippen LogP contribution in [0.15, 0.2) is 5.11 Å². The summed E-state index contributed by atoms with van der Waals surface area (Å²) in [5, 5.41) is 3.53. The maximum absolute atomic E-state index is 8.09. The molecular formula is C9H18N4. The lowest BCUT2D eigenvalue weighted by atomic mass is 10.3. The van der Waals surface area contributed by atoms with E-state index in [-0.39, 0.29) is 0 Å². The smallest absolute Gasteiger partial charge is 0.0270 e. The van der Waals surface area contributed by atoms with E-state index in [1.54, 1.807) is 0 Å². The van der Waals surface area contributed by atoms with E-state index in [2.05, 4.69) is 21.8 Å². The highest BCUT2D eigenvalue weighted by Crippen LogP contribution is 2.29. The molecule has 0 aromatic carbocycles. The van der Waals surface area contributed by atoms with E-state index >= 15 is 0 Å². The second kappa shape index (κ2) is 5.84. The Morgan fingerprint density at radius 2 is 2.31 bits per heavy atom. The summed E-state index contributed by atoms with van der Waals surface area (Å²) in [6.45, 7) is 6.26. The molecule has 0 bridgehead atoms. The Morgan fingerprint density at radius 3 is 2.85 bits per heavy atom. The molecule has 4 nitrogen and oxygen atoms in total. The molecule has 1 rings (SSSR count). The molecule has 0 spiro atoms. The first-order valence-corrected chi connectivity index (χ1v) is 5.10. The molecule has 0 heterocycles. The van der Waals surface area contributed by atoms with Crippen LogP contribution in [0.4, 0.5) is 0 Å². The molecule has 0 radical (unpaired) electrons. The lowest BCUT2D eigenvalue weighted by Gasteiger charge is -2.19. The van der Waals surface area contributed by atoms with Crippen LogP contribution in [-0.2, 0) is 0 Å². The number of nitrogens with zero attached hydrogens (tertiary/aromatic N) is 4. The summed E-state index contributed by atoms with van der Waals surface area (Å²) in [6.07, 6.45) is 3.81. The molecule has 1 aliphatic carbocycles. The van der Waals surface area contributed by atoms with Gasteiger partial charge in [-0.3, -0.25) is 0 Å². The molecule has 0 saturated heterocycles. The maximum Gasteiger partial charge on any atom is 0.0270 e. The highest BCUT2D eigenvalue weighted by Gasteiger charge is 2.23. The van der Waals surface area contributed by atoms with Crippen molar-refractivity contribution in [3.63, 3.8) is 0 Å². The van der Waals surface area contributed by atoms with Crippen LogP contribution in [0.2, 0.25) is 0 Å². The second-order valence-electron chi connectivity index (χ2n) is 3.64. The van der Waals surface area contributed by atoms with E-state index in [4.69, 9.17) is 5.53 Å². The van der Waals surface area contributed by atoms with Crippen LogP contribution in [-0.4, -0.2) is 31.1 Å². The van der Waals surface area contributed by atoms with Crippen LogP contribution >= 0.6 is 0 Å². The highest BCUT2D eigenvalue weighted by molar-refractivity contribution is 4.76. The minimum Gasteiger partial charge on any atom is -0.303 e. The van der Waals surface area contributed by atoms with E-state index in [1.165, 1.54) is 19.4 Å². The van der Waals surface area contributed by atoms with Crippen LogP contribution in [0, 0.1) is 5.92 Å². The molecular weight excluding hydrogens is 164 g/mol. The zero-order valence-corrected chi connectivity index (χ0v) is 8.32. The molecule has 0 aromatic heterocycles. The van der Waals surface area contributed by atoms with Crippen molar-refractivity contribution in [3.05, 3.63) is 10.4 Å². The summed E-state index contributed by atoms with van der Waals surface area (Å²) in [4.78, 5) is 5.19. The van der Waals surface area contributed by atoms with E-state index < -0.39 is 0 Å². The average Bonchev–Trinajstić information content (AvgIpc) is 2.94. The second-order valence-corrected chi connectivity index (χ2v) is 3.64. The fourth-order valence-corrected chi connectivity index (χ4v) is 1.45. The third-order valence-corrected chi connectivity index (χ3v) is 2.46. The van der Waals surface area contributed by atoms with Crippen molar-refractivity contribution >= 4 is 0 Å². The van der Waals surface area contributed by atoms with Gasteiger partial charge in [-0.25, -0.2) is 0 Å². The lowest BCUT2D eigenvalue weighted by Crippen LogP contribution is -2.27. The van der Waals surface area contributed by atoms with Gasteiger partial charge in [0.2, 0.25) is 0 Å². The summed E-state index contributed by atoms with van der Waals surface area (Å²) >= 11 is 0. The van der Waals surface area contributed by atoms with Crippen molar-refractivity contribution in [2.75, 3.05) is 26.2 Å². The molecule has 13 heavy (non-hydrogen) atoms. The topological polar surface area (TPSA) is 52.0 Å². The first kappa shape index (κ1) is 10.4. The fourth-order valence-electron chi connectivity index (χ4n) is 1.45. The summed E-state index contributed by atoms with van der Waals surface area (Å²) < 4.78 is 0. The number of rotatable bonds is 7. The Bertz CT molecular complexity index is 182. The third kappa shape index (κ3) is 4.76. The van der Waals surface area contributed by atoms with Gasteiger partial charge in [-0.15, -0.1) is 0 Å².